The molecule has 138 valence electrons. The van der Waals surface area contributed by atoms with Crippen molar-refractivity contribution in [1.29, 1.82) is 0 Å². The van der Waals surface area contributed by atoms with E-state index in [1.165, 1.54) is 5.56 Å². The number of carbonyl (C=O) groups is 1. The highest BCUT2D eigenvalue weighted by Gasteiger charge is 2.32. The molecule has 0 bridgehead atoms. The monoisotopic (exact) mass is 362 g/mol. The number of piperidine rings is 1. The lowest BCUT2D eigenvalue weighted by Gasteiger charge is -2.26. The van der Waals surface area contributed by atoms with E-state index < -0.39 is 0 Å². The predicted molar refractivity (Wildman–Crippen MR) is 104 cm³/mol. The summed E-state index contributed by atoms with van der Waals surface area (Å²) in [4.78, 5) is 16.4. The van der Waals surface area contributed by atoms with Gasteiger partial charge in [-0.25, -0.2) is 0 Å². The van der Waals surface area contributed by atoms with Crippen LogP contribution in [0.25, 0.3) is 0 Å². The molecular weight excluding hydrogens is 340 g/mol. The third kappa shape index (κ3) is 3.58. The van der Waals surface area contributed by atoms with E-state index in [9.17, 15) is 4.79 Å². The van der Waals surface area contributed by atoms with Gasteiger partial charge in [0.05, 0.1) is 13.7 Å². The molecule has 2 aliphatic rings. The molecule has 0 saturated carbocycles. The maximum atomic E-state index is 12.0. The summed E-state index contributed by atoms with van der Waals surface area (Å²) in [6.07, 6.45) is 2.49. The van der Waals surface area contributed by atoms with E-state index in [4.69, 9.17) is 9.47 Å². The molecule has 4 rings (SSSR count). The zero-order valence-electron chi connectivity index (χ0n) is 15.5. The average molecular weight is 362 g/mol. The molecule has 2 aromatic rings. The smallest absolute Gasteiger partial charge is 0.226 e. The first kappa shape index (κ1) is 17.3. The van der Waals surface area contributed by atoms with Gasteiger partial charge in [-0.1, -0.05) is 42.0 Å². The Morgan fingerprint density at radius 2 is 1.96 bits per heavy atom. The van der Waals surface area contributed by atoms with Crippen molar-refractivity contribution in [2.45, 2.75) is 25.9 Å². The van der Waals surface area contributed by atoms with Gasteiger partial charge in [-0.2, -0.15) is 0 Å². The van der Waals surface area contributed by atoms with Crippen LogP contribution >= 0.6 is 0 Å². The van der Waals surface area contributed by atoms with Gasteiger partial charge >= 0.3 is 0 Å². The molecule has 0 aromatic heterocycles. The van der Waals surface area contributed by atoms with Gasteiger partial charge in [0, 0.05) is 17.9 Å². The van der Waals surface area contributed by atoms with E-state index >= 15 is 0 Å². The number of aliphatic imine (C=N–C) groups is 1. The zero-order chi connectivity index (χ0) is 18.8. The number of methoxy groups -OCH3 is 1. The number of aryl methyl sites for hydroxylation is 1. The van der Waals surface area contributed by atoms with Crippen molar-refractivity contribution in [2.24, 2.45) is 4.99 Å². The minimum atomic E-state index is -0.00327. The summed E-state index contributed by atoms with van der Waals surface area (Å²) in [6, 6.07) is 14.1. The normalized spacial score (nSPS) is 18.3. The molecule has 1 atom stereocenters. The van der Waals surface area contributed by atoms with Gasteiger partial charge in [0.15, 0.2) is 11.5 Å². The Bertz CT molecular complexity index is 929. The van der Waals surface area contributed by atoms with E-state index in [0.29, 0.717) is 36.9 Å². The minimum absolute atomic E-state index is 0.0000450. The minimum Gasteiger partial charge on any atom is -0.493 e. The van der Waals surface area contributed by atoms with Crippen LogP contribution in [0, 0.1) is 6.92 Å². The molecule has 1 saturated heterocycles. The van der Waals surface area contributed by atoms with E-state index in [1.54, 1.807) is 7.11 Å². The largest absolute Gasteiger partial charge is 0.493 e. The van der Waals surface area contributed by atoms with Gasteiger partial charge in [-0.15, -0.1) is 0 Å². The Morgan fingerprint density at radius 1 is 1.15 bits per heavy atom. The Hall–Kier alpha value is -3.08. The lowest BCUT2D eigenvalue weighted by molar-refractivity contribution is -0.120. The molecule has 2 heterocycles. The standard InChI is InChI=1S/C22H22N2O3/c1-14-3-5-15(6-4-14)13-27-19-8-7-16(11-20(19)26-2)18-12-21(25)24-22-17(18)9-10-23-22/h3-9,11,18H,10,12-13H2,1-2H3,(H,23,24,25). The van der Waals surface area contributed by atoms with Gasteiger partial charge in [0.2, 0.25) is 5.91 Å². The van der Waals surface area contributed by atoms with Crippen LogP contribution in [-0.4, -0.2) is 25.4 Å². The molecule has 0 aliphatic carbocycles. The number of benzene rings is 2. The second-order valence-electron chi connectivity index (χ2n) is 6.84. The second-order valence-corrected chi connectivity index (χ2v) is 6.84. The van der Waals surface area contributed by atoms with Crippen LogP contribution < -0.4 is 14.8 Å². The molecular formula is C22H22N2O3. The number of amides is 1. The van der Waals surface area contributed by atoms with Crippen molar-refractivity contribution >= 4 is 11.7 Å². The summed E-state index contributed by atoms with van der Waals surface area (Å²) in [7, 11) is 1.63. The first-order valence-corrected chi connectivity index (χ1v) is 9.05. The van der Waals surface area contributed by atoms with Crippen molar-refractivity contribution in [1.82, 2.24) is 5.32 Å². The van der Waals surface area contributed by atoms with Crippen LogP contribution in [-0.2, 0) is 11.4 Å². The van der Waals surface area contributed by atoms with Crippen LogP contribution in [0.4, 0.5) is 0 Å². The molecule has 0 spiro atoms. The summed E-state index contributed by atoms with van der Waals surface area (Å²) < 4.78 is 11.5. The SMILES string of the molecule is COc1cc(C2CC(=O)NC3=NCC=C32)ccc1OCc1ccc(C)cc1. The average Bonchev–Trinajstić information content (AvgIpc) is 3.15. The number of fused-ring (bicyclic) bond motifs is 1. The summed E-state index contributed by atoms with van der Waals surface area (Å²) in [5.41, 5.74) is 4.45. The van der Waals surface area contributed by atoms with Gasteiger partial charge in [0.1, 0.15) is 12.4 Å². The molecule has 27 heavy (non-hydrogen) atoms. The van der Waals surface area contributed by atoms with E-state index in [0.717, 1.165) is 16.7 Å². The Labute approximate surface area is 158 Å². The predicted octanol–water partition coefficient (Wildman–Crippen LogP) is 3.52. The quantitative estimate of drug-likeness (QED) is 0.885. The fraction of sp³-hybridized carbons (Fsp3) is 0.273. The molecule has 2 aliphatic heterocycles. The second kappa shape index (κ2) is 7.27. The molecule has 1 amide bonds. The van der Waals surface area contributed by atoms with E-state index in [-0.39, 0.29) is 11.8 Å². The third-order valence-electron chi connectivity index (χ3n) is 4.96. The molecule has 1 fully saturated rings. The molecule has 5 nitrogen and oxygen atoms in total. The third-order valence-corrected chi connectivity index (χ3v) is 4.96. The van der Waals surface area contributed by atoms with Crippen LogP contribution in [0.3, 0.4) is 0 Å². The van der Waals surface area contributed by atoms with Crippen LogP contribution in [0.1, 0.15) is 29.0 Å². The Morgan fingerprint density at radius 3 is 2.74 bits per heavy atom. The molecule has 5 heteroatoms. The molecule has 2 aromatic carbocycles. The fourth-order valence-electron chi connectivity index (χ4n) is 3.48. The van der Waals surface area contributed by atoms with E-state index in [2.05, 4.69) is 47.6 Å². The van der Waals surface area contributed by atoms with E-state index in [1.807, 2.05) is 18.2 Å². The number of hydrogen-bond donors (Lipinski definition) is 1. The number of hydrogen-bond acceptors (Lipinski definition) is 4. The first-order valence-electron chi connectivity index (χ1n) is 9.05. The first-order chi connectivity index (χ1) is 13.1. The molecule has 0 radical (unpaired) electrons. The van der Waals surface area contributed by atoms with Gasteiger partial charge in [-0.05, 0) is 30.2 Å². The Kier molecular flexibility index (Phi) is 4.67. The van der Waals surface area contributed by atoms with Crippen molar-refractivity contribution in [3.63, 3.8) is 0 Å². The van der Waals surface area contributed by atoms with Gasteiger partial charge in [-0.3, -0.25) is 9.79 Å². The number of amidine groups is 1. The van der Waals surface area contributed by atoms with Crippen molar-refractivity contribution < 1.29 is 14.3 Å². The fourth-order valence-corrected chi connectivity index (χ4v) is 3.48. The number of rotatable bonds is 5. The number of nitrogens with zero attached hydrogens (tertiary/aromatic N) is 1. The van der Waals surface area contributed by atoms with Crippen molar-refractivity contribution in [3.8, 4) is 11.5 Å². The van der Waals surface area contributed by atoms with Crippen LogP contribution in [0.5, 0.6) is 11.5 Å². The highest BCUT2D eigenvalue weighted by Crippen LogP contribution is 2.38. The molecule has 1 N–H and O–H groups in total. The maximum absolute atomic E-state index is 12.0. The summed E-state index contributed by atoms with van der Waals surface area (Å²) in [6.45, 7) is 3.16. The van der Waals surface area contributed by atoms with Crippen LogP contribution in [0.2, 0.25) is 0 Å². The summed E-state index contributed by atoms with van der Waals surface area (Å²) in [5.74, 6) is 2.06. The topological polar surface area (TPSA) is 59.9 Å². The number of ether oxygens (including phenoxy) is 2. The molecule has 1 unspecified atom stereocenters. The summed E-state index contributed by atoms with van der Waals surface area (Å²) in [5, 5.41) is 2.85. The highest BCUT2D eigenvalue weighted by molar-refractivity contribution is 6.12. The lowest BCUT2D eigenvalue weighted by atomic mass is 9.85. The van der Waals surface area contributed by atoms with Crippen LogP contribution in [0.15, 0.2) is 59.1 Å². The van der Waals surface area contributed by atoms with Gasteiger partial charge < -0.3 is 14.8 Å². The summed E-state index contributed by atoms with van der Waals surface area (Å²) >= 11 is 0. The zero-order valence-corrected chi connectivity index (χ0v) is 15.5. The number of nitrogens with one attached hydrogen (secondary N) is 1. The number of carbonyl (C=O) groups excluding carboxylic acids is 1. The highest BCUT2D eigenvalue weighted by atomic mass is 16.5. The lowest BCUT2D eigenvalue weighted by Crippen LogP contribution is -2.38. The van der Waals surface area contributed by atoms with Crippen molar-refractivity contribution in [2.75, 3.05) is 13.7 Å². The van der Waals surface area contributed by atoms with Gasteiger partial charge in [0.25, 0.3) is 0 Å². The maximum Gasteiger partial charge on any atom is 0.226 e. The Balaban J connectivity index is 1.55. The van der Waals surface area contributed by atoms with Crippen molar-refractivity contribution in [3.05, 3.63) is 70.8 Å².